The van der Waals surface area contributed by atoms with Crippen LogP contribution in [0.5, 0.6) is 0 Å². The second-order valence-corrected chi connectivity index (χ2v) is 9.84. The van der Waals surface area contributed by atoms with Crippen molar-refractivity contribution in [2.45, 2.75) is 70.9 Å². The van der Waals surface area contributed by atoms with Crippen LogP contribution in [0.25, 0.3) is 10.8 Å². The van der Waals surface area contributed by atoms with Crippen LogP contribution in [0, 0.1) is 17.5 Å². The fourth-order valence-electron chi connectivity index (χ4n) is 4.71. The molecule has 0 radical (unpaired) electrons. The van der Waals surface area contributed by atoms with Gasteiger partial charge in [-0.25, -0.2) is 23.1 Å². The van der Waals surface area contributed by atoms with E-state index in [2.05, 4.69) is 16.9 Å². The molecule has 1 aromatic heterocycles. The fourth-order valence-corrected chi connectivity index (χ4v) is 4.71. The van der Waals surface area contributed by atoms with Gasteiger partial charge in [-0.15, -0.1) is 0 Å². The van der Waals surface area contributed by atoms with Gasteiger partial charge in [0.25, 0.3) is 0 Å². The zero-order valence-electron chi connectivity index (χ0n) is 21.7. The molecule has 0 fully saturated rings. The molecule has 0 N–H and O–H groups in total. The van der Waals surface area contributed by atoms with Gasteiger partial charge in [-0.05, 0) is 71.9 Å². The van der Waals surface area contributed by atoms with E-state index >= 15 is 4.39 Å². The average Bonchev–Trinajstić information content (AvgIpc) is 2.89. The molecule has 39 heavy (non-hydrogen) atoms. The van der Waals surface area contributed by atoms with Crippen molar-refractivity contribution in [1.29, 1.82) is 0 Å². The molecule has 2 nitrogen and oxygen atoms in total. The molecule has 0 aliphatic carbocycles. The highest BCUT2D eigenvalue weighted by Crippen LogP contribution is 2.34. The molecule has 1 heterocycles. The van der Waals surface area contributed by atoms with Gasteiger partial charge >= 0.3 is 6.18 Å². The lowest BCUT2D eigenvalue weighted by atomic mass is 9.97. The number of halogens is 6. The van der Waals surface area contributed by atoms with E-state index in [1.165, 1.54) is 19.3 Å². The van der Waals surface area contributed by atoms with Crippen molar-refractivity contribution in [2.24, 2.45) is 0 Å². The van der Waals surface area contributed by atoms with Crippen molar-refractivity contribution in [1.82, 2.24) is 9.97 Å². The molecule has 0 saturated carbocycles. The minimum atomic E-state index is -5.12. The van der Waals surface area contributed by atoms with Crippen molar-refractivity contribution in [3.05, 3.63) is 106 Å². The highest BCUT2D eigenvalue weighted by molar-refractivity contribution is 5.84. The molecule has 3 aromatic carbocycles. The Hall–Kier alpha value is -3.42. The number of alkyl halides is 3. The lowest BCUT2D eigenvalue weighted by molar-refractivity contribution is -0.142. The van der Waals surface area contributed by atoms with E-state index in [4.69, 9.17) is 0 Å². The van der Waals surface area contributed by atoms with Crippen molar-refractivity contribution in [3.63, 3.8) is 0 Å². The lowest BCUT2D eigenvalue weighted by Crippen LogP contribution is -2.12. The predicted molar refractivity (Wildman–Crippen MR) is 140 cm³/mol. The molecule has 0 spiro atoms. The summed E-state index contributed by atoms with van der Waals surface area (Å²) in [5, 5.41) is 1.12. The standard InChI is InChI=1S/C31H30F6N2/c1-2-3-4-5-6-22-18-38-28(39-19-22)14-9-20-8-13-25-24(15-20)12-11-23(30(25)34)10-7-21-16-26(32)29(27(33)17-21)31(35,36)37/h8,11-13,15-19H,2-7,9-10,14H2,1H3. The zero-order valence-corrected chi connectivity index (χ0v) is 21.7. The first kappa shape index (κ1) is 28.6. The molecule has 0 unspecified atom stereocenters. The van der Waals surface area contributed by atoms with Crippen molar-refractivity contribution in [2.75, 3.05) is 0 Å². The molecule has 8 heteroatoms. The van der Waals surface area contributed by atoms with Crippen molar-refractivity contribution >= 4 is 10.8 Å². The lowest BCUT2D eigenvalue weighted by Gasteiger charge is -2.12. The van der Waals surface area contributed by atoms with E-state index in [0.29, 0.717) is 41.3 Å². The summed E-state index contributed by atoms with van der Waals surface area (Å²) in [7, 11) is 0. The van der Waals surface area contributed by atoms with Gasteiger partial charge < -0.3 is 0 Å². The van der Waals surface area contributed by atoms with Crippen LogP contribution in [0.1, 0.15) is 66.2 Å². The van der Waals surface area contributed by atoms with E-state index in [1.807, 2.05) is 24.5 Å². The second-order valence-electron chi connectivity index (χ2n) is 9.84. The summed E-state index contributed by atoms with van der Waals surface area (Å²) in [4.78, 5) is 8.96. The Labute approximate surface area is 224 Å². The largest absolute Gasteiger partial charge is 0.422 e. The maximum absolute atomic E-state index is 15.2. The number of benzene rings is 3. The number of nitrogens with zero attached hydrogens (tertiary/aromatic N) is 2. The Morgan fingerprint density at radius 1 is 0.667 bits per heavy atom. The van der Waals surface area contributed by atoms with E-state index in [1.54, 1.807) is 18.2 Å². The van der Waals surface area contributed by atoms with Gasteiger partial charge in [0.2, 0.25) is 0 Å². The van der Waals surface area contributed by atoms with Gasteiger partial charge in [-0.3, -0.25) is 0 Å². The Balaban J connectivity index is 1.38. The smallest absolute Gasteiger partial charge is 0.241 e. The van der Waals surface area contributed by atoms with Crippen LogP contribution < -0.4 is 0 Å². The normalized spacial score (nSPS) is 11.9. The van der Waals surface area contributed by atoms with Crippen molar-refractivity contribution < 1.29 is 26.3 Å². The molecule has 0 amide bonds. The SMILES string of the molecule is CCCCCCc1cnc(CCc2ccc3c(F)c(CCc4cc(F)c(C(F)(F)F)c(F)c4)ccc3c2)nc1. The first-order valence-electron chi connectivity index (χ1n) is 13.2. The highest BCUT2D eigenvalue weighted by Gasteiger charge is 2.37. The number of hydrogen-bond acceptors (Lipinski definition) is 2. The molecule has 206 valence electrons. The van der Waals surface area contributed by atoms with Crippen LogP contribution >= 0.6 is 0 Å². The number of rotatable bonds is 11. The molecule has 0 atom stereocenters. The van der Waals surface area contributed by atoms with Gasteiger partial charge in [-0.1, -0.05) is 56.5 Å². The van der Waals surface area contributed by atoms with Crippen LogP contribution in [0.3, 0.4) is 0 Å². The van der Waals surface area contributed by atoms with E-state index < -0.39 is 29.2 Å². The first-order chi connectivity index (χ1) is 18.7. The summed E-state index contributed by atoms with van der Waals surface area (Å²) in [6, 6.07) is 10.1. The topological polar surface area (TPSA) is 25.8 Å². The first-order valence-corrected chi connectivity index (χ1v) is 13.2. The summed E-state index contributed by atoms with van der Waals surface area (Å²) in [5.74, 6) is -3.05. The molecule has 4 aromatic rings. The van der Waals surface area contributed by atoms with Crippen LogP contribution in [0.2, 0.25) is 0 Å². The predicted octanol–water partition coefficient (Wildman–Crippen LogP) is 8.76. The van der Waals surface area contributed by atoms with Crippen molar-refractivity contribution in [3.8, 4) is 0 Å². The number of hydrogen-bond donors (Lipinski definition) is 0. The van der Waals surface area contributed by atoms with Gasteiger partial charge in [0.1, 0.15) is 28.8 Å². The zero-order chi connectivity index (χ0) is 28.0. The quantitative estimate of drug-likeness (QED) is 0.139. The Morgan fingerprint density at radius 2 is 1.36 bits per heavy atom. The molecule has 0 aliphatic heterocycles. The number of aromatic nitrogens is 2. The molecule has 0 bridgehead atoms. The maximum Gasteiger partial charge on any atom is 0.422 e. The van der Waals surface area contributed by atoms with Gasteiger partial charge in [0.05, 0.1) is 0 Å². The van der Waals surface area contributed by atoms with E-state index in [9.17, 15) is 22.0 Å². The summed E-state index contributed by atoms with van der Waals surface area (Å²) < 4.78 is 81.3. The number of fused-ring (bicyclic) bond motifs is 1. The third-order valence-electron chi connectivity index (χ3n) is 6.88. The minimum Gasteiger partial charge on any atom is -0.241 e. The monoisotopic (exact) mass is 544 g/mol. The third kappa shape index (κ3) is 7.37. The second kappa shape index (κ2) is 12.6. The molecular formula is C31H30F6N2. The molecule has 0 saturated heterocycles. The number of aryl methyl sites for hydroxylation is 5. The molecular weight excluding hydrogens is 514 g/mol. The third-order valence-corrected chi connectivity index (χ3v) is 6.88. The average molecular weight is 545 g/mol. The van der Waals surface area contributed by atoms with Crippen LogP contribution in [-0.2, 0) is 38.3 Å². The summed E-state index contributed by atoms with van der Waals surface area (Å²) >= 11 is 0. The molecule has 0 aliphatic rings. The highest BCUT2D eigenvalue weighted by atomic mass is 19.4. The summed E-state index contributed by atoms with van der Waals surface area (Å²) in [5.41, 5.74) is 0.581. The van der Waals surface area contributed by atoms with Gasteiger partial charge in [-0.2, -0.15) is 13.2 Å². The van der Waals surface area contributed by atoms with Gasteiger partial charge in [0.15, 0.2) is 0 Å². The fraction of sp³-hybridized carbons (Fsp3) is 0.355. The minimum absolute atomic E-state index is 0.00990. The number of unbranched alkanes of at least 4 members (excludes halogenated alkanes) is 3. The van der Waals surface area contributed by atoms with Crippen LogP contribution in [0.4, 0.5) is 26.3 Å². The Kier molecular flexibility index (Phi) is 9.25. The van der Waals surface area contributed by atoms with Crippen LogP contribution in [0.15, 0.2) is 54.9 Å². The maximum atomic E-state index is 15.2. The summed E-state index contributed by atoms with van der Waals surface area (Å²) in [6.07, 6.45) is 5.84. The molecule has 4 rings (SSSR count). The summed E-state index contributed by atoms with van der Waals surface area (Å²) in [6.45, 7) is 2.19. The van der Waals surface area contributed by atoms with E-state index in [0.717, 1.165) is 29.8 Å². The Bertz CT molecular complexity index is 1390. The van der Waals surface area contributed by atoms with Gasteiger partial charge in [0, 0.05) is 24.2 Å². The van der Waals surface area contributed by atoms with E-state index in [-0.39, 0.29) is 18.4 Å². The van der Waals surface area contributed by atoms with Crippen LogP contribution in [-0.4, -0.2) is 9.97 Å². The Morgan fingerprint density at radius 3 is 2.03 bits per heavy atom.